The second-order valence-corrected chi connectivity index (χ2v) is 4.15. The van der Waals surface area contributed by atoms with Gasteiger partial charge in [0.25, 0.3) is 0 Å². The van der Waals surface area contributed by atoms with E-state index in [0.29, 0.717) is 17.9 Å². The third kappa shape index (κ3) is 2.43. The topological polar surface area (TPSA) is 75.6 Å². The summed E-state index contributed by atoms with van der Waals surface area (Å²) >= 11 is 0. The Morgan fingerprint density at radius 3 is 2.72 bits per heavy atom. The summed E-state index contributed by atoms with van der Waals surface area (Å²) in [6, 6.07) is 4.05. The molecule has 0 spiro atoms. The Kier molecular flexibility index (Phi) is 3.10. The van der Waals surface area contributed by atoms with Crippen molar-refractivity contribution < 1.29 is 0 Å². The Bertz CT molecular complexity index is 509. The van der Waals surface area contributed by atoms with Crippen molar-refractivity contribution in [2.24, 2.45) is 0 Å². The maximum atomic E-state index is 4.49. The second kappa shape index (κ2) is 5.05. The highest BCUT2D eigenvalue weighted by atomic mass is 15.2. The fraction of sp³-hybridized carbons (Fsp3) is 0.333. The minimum Gasteiger partial charge on any atom is -0.309 e. The van der Waals surface area contributed by atoms with E-state index in [-0.39, 0.29) is 0 Å². The van der Waals surface area contributed by atoms with Gasteiger partial charge >= 0.3 is 0 Å². The molecule has 2 aromatic heterocycles. The molecule has 0 radical (unpaired) electrons. The molecule has 2 N–H and O–H groups in total. The first-order chi connectivity index (χ1) is 8.92. The van der Waals surface area contributed by atoms with Gasteiger partial charge in [0.05, 0.1) is 5.69 Å². The number of aromatic nitrogens is 4. The van der Waals surface area contributed by atoms with Gasteiger partial charge in [-0.2, -0.15) is 0 Å². The van der Waals surface area contributed by atoms with E-state index in [2.05, 4.69) is 30.6 Å². The fourth-order valence-electron chi connectivity index (χ4n) is 2.03. The van der Waals surface area contributed by atoms with Crippen molar-refractivity contribution in [3.8, 4) is 0 Å². The molecular weight excluding hydrogens is 228 g/mol. The zero-order chi connectivity index (χ0) is 12.2. The van der Waals surface area contributed by atoms with Crippen LogP contribution >= 0.6 is 0 Å². The minimum absolute atomic E-state index is 0.338. The van der Waals surface area contributed by atoms with Crippen molar-refractivity contribution in [2.75, 3.05) is 11.9 Å². The molecule has 6 heteroatoms. The van der Waals surface area contributed by atoms with Crippen molar-refractivity contribution in [1.82, 2.24) is 25.3 Å². The zero-order valence-corrected chi connectivity index (χ0v) is 9.87. The molecule has 0 bridgehead atoms. The molecule has 1 aliphatic heterocycles. The molecular formula is C12H14N6. The number of hydrogen-bond donors (Lipinski definition) is 2. The molecule has 3 heterocycles. The lowest BCUT2D eigenvalue weighted by molar-refractivity contribution is 0.626. The quantitative estimate of drug-likeness (QED) is 0.848. The summed E-state index contributed by atoms with van der Waals surface area (Å²) < 4.78 is 0. The van der Waals surface area contributed by atoms with Crippen LogP contribution < -0.4 is 10.6 Å². The van der Waals surface area contributed by atoms with Crippen LogP contribution in [0.1, 0.15) is 24.6 Å². The Labute approximate surface area is 105 Å². The van der Waals surface area contributed by atoms with Gasteiger partial charge in [0.15, 0.2) is 0 Å². The summed E-state index contributed by atoms with van der Waals surface area (Å²) in [5.74, 6) is 1.04. The molecule has 3 rings (SSSR count). The van der Waals surface area contributed by atoms with E-state index in [9.17, 15) is 0 Å². The first-order valence-electron chi connectivity index (χ1n) is 6.02. The molecule has 0 aromatic carbocycles. The smallest absolute Gasteiger partial charge is 0.229 e. The highest BCUT2D eigenvalue weighted by Crippen LogP contribution is 2.21. The van der Waals surface area contributed by atoms with Crippen LogP contribution in [-0.2, 0) is 0 Å². The van der Waals surface area contributed by atoms with E-state index in [1.165, 1.54) is 6.42 Å². The van der Waals surface area contributed by atoms with Crippen molar-refractivity contribution in [3.05, 3.63) is 36.4 Å². The molecule has 0 saturated carbocycles. The average Bonchev–Trinajstić information content (AvgIpc) is 2.94. The normalized spacial score (nSPS) is 18.8. The standard InChI is InChI=1S/C12H14N6/c1-3-9(13-5-1)10-4-8-16-12(17-10)18-11-14-6-2-7-15-11/h2,4,6-9,13H,1,3,5H2,(H,14,15,16,17,18)/t9-/m0/s1. The van der Waals surface area contributed by atoms with Crippen LogP contribution in [-0.4, -0.2) is 26.5 Å². The Hall–Kier alpha value is -2.08. The monoisotopic (exact) mass is 242 g/mol. The van der Waals surface area contributed by atoms with Gasteiger partial charge in [-0.05, 0) is 31.5 Å². The summed E-state index contributed by atoms with van der Waals surface area (Å²) in [4.78, 5) is 16.8. The van der Waals surface area contributed by atoms with Gasteiger partial charge in [0.2, 0.25) is 11.9 Å². The second-order valence-electron chi connectivity index (χ2n) is 4.15. The van der Waals surface area contributed by atoms with Crippen molar-refractivity contribution in [3.63, 3.8) is 0 Å². The third-order valence-corrected chi connectivity index (χ3v) is 2.88. The number of hydrogen-bond acceptors (Lipinski definition) is 6. The largest absolute Gasteiger partial charge is 0.309 e. The van der Waals surface area contributed by atoms with E-state index in [0.717, 1.165) is 18.7 Å². The molecule has 18 heavy (non-hydrogen) atoms. The van der Waals surface area contributed by atoms with Gasteiger partial charge in [0, 0.05) is 24.6 Å². The number of anilines is 2. The first kappa shape index (κ1) is 11.0. The van der Waals surface area contributed by atoms with Gasteiger partial charge in [-0.25, -0.2) is 19.9 Å². The lowest BCUT2D eigenvalue weighted by Crippen LogP contribution is -2.15. The molecule has 1 saturated heterocycles. The Balaban J connectivity index is 1.78. The Morgan fingerprint density at radius 2 is 1.94 bits per heavy atom. The molecule has 2 aromatic rings. The van der Waals surface area contributed by atoms with Gasteiger partial charge in [0.1, 0.15) is 0 Å². The van der Waals surface area contributed by atoms with Crippen LogP contribution in [0, 0.1) is 0 Å². The van der Waals surface area contributed by atoms with Crippen LogP contribution in [0.15, 0.2) is 30.7 Å². The molecule has 0 amide bonds. The van der Waals surface area contributed by atoms with E-state index >= 15 is 0 Å². The van der Waals surface area contributed by atoms with Gasteiger partial charge in [-0.1, -0.05) is 0 Å². The zero-order valence-electron chi connectivity index (χ0n) is 9.87. The molecule has 6 nitrogen and oxygen atoms in total. The van der Waals surface area contributed by atoms with E-state index in [1.807, 2.05) is 6.07 Å². The van der Waals surface area contributed by atoms with Gasteiger partial charge in [-0.15, -0.1) is 0 Å². The highest BCUT2D eigenvalue weighted by molar-refractivity contribution is 5.41. The number of rotatable bonds is 3. The molecule has 1 aliphatic rings. The molecule has 0 unspecified atom stereocenters. The van der Waals surface area contributed by atoms with Gasteiger partial charge < -0.3 is 5.32 Å². The lowest BCUT2D eigenvalue weighted by atomic mass is 10.1. The van der Waals surface area contributed by atoms with E-state index < -0.39 is 0 Å². The van der Waals surface area contributed by atoms with E-state index in [4.69, 9.17) is 0 Å². The molecule has 0 aliphatic carbocycles. The van der Waals surface area contributed by atoms with Crippen molar-refractivity contribution in [2.45, 2.75) is 18.9 Å². The lowest BCUT2D eigenvalue weighted by Gasteiger charge is -2.10. The predicted molar refractivity (Wildman–Crippen MR) is 67.3 cm³/mol. The Morgan fingerprint density at radius 1 is 1.11 bits per heavy atom. The molecule has 1 fully saturated rings. The van der Waals surface area contributed by atoms with Crippen molar-refractivity contribution in [1.29, 1.82) is 0 Å². The predicted octanol–water partition coefficient (Wildman–Crippen LogP) is 1.43. The minimum atomic E-state index is 0.338. The summed E-state index contributed by atoms with van der Waals surface area (Å²) in [7, 11) is 0. The van der Waals surface area contributed by atoms with Crippen LogP contribution in [0.4, 0.5) is 11.9 Å². The maximum absolute atomic E-state index is 4.49. The summed E-state index contributed by atoms with van der Waals surface area (Å²) in [5.41, 5.74) is 1.01. The van der Waals surface area contributed by atoms with Gasteiger partial charge in [-0.3, -0.25) is 5.32 Å². The summed E-state index contributed by atoms with van der Waals surface area (Å²) in [6.07, 6.45) is 7.43. The average molecular weight is 242 g/mol. The van der Waals surface area contributed by atoms with Crippen LogP contribution in [0.2, 0.25) is 0 Å². The third-order valence-electron chi connectivity index (χ3n) is 2.88. The van der Waals surface area contributed by atoms with Crippen LogP contribution in [0.25, 0.3) is 0 Å². The SMILES string of the molecule is c1cnc(Nc2nccc([C@@H]3CCCN3)n2)nc1. The highest BCUT2D eigenvalue weighted by Gasteiger charge is 2.17. The fourth-order valence-corrected chi connectivity index (χ4v) is 2.03. The number of nitrogens with one attached hydrogen (secondary N) is 2. The number of nitrogens with zero attached hydrogens (tertiary/aromatic N) is 4. The first-order valence-corrected chi connectivity index (χ1v) is 6.02. The van der Waals surface area contributed by atoms with Crippen molar-refractivity contribution >= 4 is 11.9 Å². The summed E-state index contributed by atoms with van der Waals surface area (Å²) in [6.45, 7) is 1.05. The maximum Gasteiger partial charge on any atom is 0.229 e. The van der Waals surface area contributed by atoms with E-state index in [1.54, 1.807) is 24.7 Å². The van der Waals surface area contributed by atoms with Crippen LogP contribution in [0.5, 0.6) is 0 Å². The molecule has 1 atom stereocenters. The van der Waals surface area contributed by atoms with Crippen LogP contribution in [0.3, 0.4) is 0 Å². The summed E-state index contributed by atoms with van der Waals surface area (Å²) in [5, 5.41) is 6.41. The molecule has 92 valence electrons.